The number of hydrogen-bond acceptors (Lipinski definition) is 2. The summed E-state index contributed by atoms with van der Waals surface area (Å²) < 4.78 is 13.4. The van der Waals surface area contributed by atoms with Gasteiger partial charge in [0.2, 0.25) is 5.95 Å². The molecule has 120 valence electrons. The third kappa shape index (κ3) is 3.69. The number of benzene rings is 2. The van der Waals surface area contributed by atoms with E-state index in [9.17, 15) is 9.18 Å². The van der Waals surface area contributed by atoms with Crippen molar-refractivity contribution in [3.63, 3.8) is 0 Å². The van der Waals surface area contributed by atoms with E-state index in [1.165, 1.54) is 6.20 Å². The molecule has 24 heavy (non-hydrogen) atoms. The van der Waals surface area contributed by atoms with Crippen LogP contribution in [0, 0.1) is 5.95 Å². The molecule has 3 rings (SSSR count). The van der Waals surface area contributed by atoms with Gasteiger partial charge < -0.3 is 0 Å². The first-order valence-electron chi connectivity index (χ1n) is 7.59. The molecule has 0 aliphatic rings. The summed E-state index contributed by atoms with van der Waals surface area (Å²) in [5, 5.41) is 0.168. The first kappa shape index (κ1) is 16.3. The number of ketones is 1. The van der Waals surface area contributed by atoms with Crippen molar-refractivity contribution in [3.05, 3.63) is 101 Å². The van der Waals surface area contributed by atoms with Gasteiger partial charge >= 0.3 is 0 Å². The second-order valence-corrected chi connectivity index (χ2v) is 5.90. The Balaban J connectivity index is 1.95. The van der Waals surface area contributed by atoms with Gasteiger partial charge in [-0.3, -0.25) is 4.79 Å². The van der Waals surface area contributed by atoms with Crippen LogP contribution in [-0.2, 0) is 0 Å². The van der Waals surface area contributed by atoms with Crippen LogP contribution in [0.4, 0.5) is 4.39 Å². The molecule has 0 radical (unpaired) electrons. The number of nitrogens with zero attached hydrogens (tertiary/aromatic N) is 1. The van der Waals surface area contributed by atoms with Crippen LogP contribution in [0.15, 0.2) is 72.9 Å². The van der Waals surface area contributed by atoms with Gasteiger partial charge in [0.05, 0.1) is 5.02 Å². The van der Waals surface area contributed by atoms with E-state index in [-0.39, 0.29) is 28.7 Å². The van der Waals surface area contributed by atoms with Crippen LogP contribution in [0.5, 0.6) is 0 Å². The first-order chi connectivity index (χ1) is 11.6. The van der Waals surface area contributed by atoms with E-state index >= 15 is 0 Å². The van der Waals surface area contributed by atoms with Crippen molar-refractivity contribution in [3.8, 4) is 0 Å². The van der Waals surface area contributed by atoms with E-state index in [0.717, 1.165) is 17.2 Å². The fourth-order valence-corrected chi connectivity index (χ4v) is 2.93. The molecule has 0 amide bonds. The lowest BCUT2D eigenvalue weighted by molar-refractivity contribution is 0.0977. The Labute approximate surface area is 144 Å². The van der Waals surface area contributed by atoms with Gasteiger partial charge in [0, 0.05) is 30.2 Å². The molecule has 0 saturated carbocycles. The number of hydrogen-bond donors (Lipinski definition) is 0. The molecule has 0 atom stereocenters. The highest BCUT2D eigenvalue weighted by molar-refractivity contribution is 6.33. The average Bonchev–Trinajstić information content (AvgIpc) is 2.63. The van der Waals surface area contributed by atoms with Crippen LogP contribution in [-0.4, -0.2) is 10.8 Å². The molecule has 0 unspecified atom stereocenters. The van der Waals surface area contributed by atoms with Gasteiger partial charge in [0.1, 0.15) is 0 Å². The Bertz CT molecular complexity index is 797. The van der Waals surface area contributed by atoms with Crippen LogP contribution >= 0.6 is 11.6 Å². The van der Waals surface area contributed by atoms with Gasteiger partial charge in [-0.1, -0.05) is 72.3 Å². The van der Waals surface area contributed by atoms with Crippen molar-refractivity contribution in [2.45, 2.75) is 12.3 Å². The third-order valence-corrected chi connectivity index (χ3v) is 4.22. The van der Waals surface area contributed by atoms with E-state index in [2.05, 4.69) is 4.98 Å². The van der Waals surface area contributed by atoms with Crippen molar-refractivity contribution in [1.82, 2.24) is 4.98 Å². The van der Waals surface area contributed by atoms with Crippen molar-refractivity contribution in [1.29, 1.82) is 0 Å². The highest BCUT2D eigenvalue weighted by Gasteiger charge is 2.21. The topological polar surface area (TPSA) is 30.0 Å². The normalized spacial score (nSPS) is 10.8. The minimum atomic E-state index is -0.710. The Hall–Kier alpha value is -2.52. The van der Waals surface area contributed by atoms with Crippen LogP contribution < -0.4 is 0 Å². The molecule has 2 nitrogen and oxygen atoms in total. The lowest BCUT2D eigenvalue weighted by Crippen LogP contribution is -2.10. The second kappa shape index (κ2) is 7.37. The lowest BCUT2D eigenvalue weighted by atomic mass is 9.86. The molecular weight excluding hydrogens is 325 g/mol. The quantitative estimate of drug-likeness (QED) is 0.467. The molecule has 3 aromatic rings. The van der Waals surface area contributed by atoms with E-state index < -0.39 is 5.95 Å². The Kier molecular flexibility index (Phi) is 5.02. The SMILES string of the molecule is O=C(CC(c1ccccc1)c1ccccc1)c1cc(F)ncc1Cl. The zero-order valence-corrected chi connectivity index (χ0v) is 13.6. The van der Waals surface area contributed by atoms with Gasteiger partial charge in [-0.05, 0) is 11.1 Å². The van der Waals surface area contributed by atoms with Gasteiger partial charge in [-0.25, -0.2) is 4.98 Å². The average molecular weight is 340 g/mol. The summed E-state index contributed by atoms with van der Waals surface area (Å²) in [5.74, 6) is -1.04. The highest BCUT2D eigenvalue weighted by Crippen LogP contribution is 2.30. The van der Waals surface area contributed by atoms with Crippen molar-refractivity contribution < 1.29 is 9.18 Å². The zero-order valence-electron chi connectivity index (χ0n) is 12.8. The van der Waals surface area contributed by atoms with Crippen molar-refractivity contribution >= 4 is 17.4 Å². The number of rotatable bonds is 5. The van der Waals surface area contributed by atoms with Crippen molar-refractivity contribution in [2.24, 2.45) is 0 Å². The maximum Gasteiger partial charge on any atom is 0.213 e. The Morgan fingerprint density at radius 1 is 1.00 bits per heavy atom. The Morgan fingerprint density at radius 3 is 2.08 bits per heavy atom. The predicted molar refractivity (Wildman–Crippen MR) is 92.9 cm³/mol. The lowest BCUT2D eigenvalue weighted by Gasteiger charge is -2.17. The molecule has 0 bridgehead atoms. The largest absolute Gasteiger partial charge is 0.294 e. The summed E-state index contributed by atoms with van der Waals surface area (Å²) in [4.78, 5) is 16.2. The van der Waals surface area contributed by atoms with Crippen LogP contribution in [0.2, 0.25) is 5.02 Å². The smallest absolute Gasteiger partial charge is 0.213 e. The van der Waals surface area contributed by atoms with E-state index in [1.807, 2.05) is 60.7 Å². The molecule has 0 N–H and O–H groups in total. The highest BCUT2D eigenvalue weighted by atomic mass is 35.5. The van der Waals surface area contributed by atoms with Crippen LogP contribution in [0.1, 0.15) is 33.8 Å². The van der Waals surface area contributed by atoms with Gasteiger partial charge in [-0.2, -0.15) is 4.39 Å². The zero-order chi connectivity index (χ0) is 16.9. The number of Topliss-reactive ketones (excluding diaryl/α,β-unsaturated/α-hetero) is 1. The van der Waals surface area contributed by atoms with Gasteiger partial charge in [0.25, 0.3) is 0 Å². The number of carbonyl (C=O) groups is 1. The standard InChI is InChI=1S/C20H15ClFNO/c21-18-13-23-20(22)12-17(18)19(24)11-16(14-7-3-1-4-8-14)15-9-5-2-6-10-15/h1-10,12-13,16H,11H2. The summed E-state index contributed by atoms with van der Waals surface area (Å²) in [6, 6.07) is 20.7. The summed E-state index contributed by atoms with van der Waals surface area (Å²) in [6.45, 7) is 0. The molecule has 0 saturated heterocycles. The predicted octanol–water partition coefficient (Wildman–Crippen LogP) is 5.28. The first-order valence-corrected chi connectivity index (χ1v) is 7.97. The summed E-state index contributed by atoms with van der Waals surface area (Å²) in [6.07, 6.45) is 1.38. The molecule has 0 spiro atoms. The van der Waals surface area contributed by atoms with Gasteiger partial charge in [0.15, 0.2) is 5.78 Å². The molecule has 2 aromatic carbocycles. The Morgan fingerprint density at radius 2 is 1.54 bits per heavy atom. The summed E-state index contributed by atoms with van der Waals surface area (Å²) in [7, 11) is 0. The molecule has 0 aliphatic heterocycles. The van der Waals surface area contributed by atoms with E-state index in [4.69, 9.17) is 11.6 Å². The maximum atomic E-state index is 13.4. The minimum absolute atomic E-state index is 0.118. The third-order valence-electron chi connectivity index (χ3n) is 3.92. The number of carbonyl (C=O) groups excluding carboxylic acids is 1. The van der Waals surface area contributed by atoms with Gasteiger partial charge in [-0.15, -0.1) is 0 Å². The number of halogens is 2. The minimum Gasteiger partial charge on any atom is -0.294 e. The molecule has 1 heterocycles. The van der Waals surface area contributed by atoms with E-state index in [0.29, 0.717) is 0 Å². The van der Waals surface area contributed by atoms with Crippen molar-refractivity contribution in [2.75, 3.05) is 0 Å². The number of pyridine rings is 1. The fourth-order valence-electron chi connectivity index (χ4n) is 2.72. The maximum absolute atomic E-state index is 13.4. The van der Waals surface area contributed by atoms with Crippen LogP contribution in [0.3, 0.4) is 0 Å². The molecule has 4 heteroatoms. The molecule has 0 fully saturated rings. The van der Waals surface area contributed by atoms with Crippen LogP contribution in [0.25, 0.3) is 0 Å². The molecule has 0 aliphatic carbocycles. The summed E-state index contributed by atoms with van der Waals surface area (Å²) >= 11 is 6.02. The molecule has 1 aromatic heterocycles. The number of aromatic nitrogens is 1. The summed E-state index contributed by atoms with van der Waals surface area (Å²) in [5.41, 5.74) is 2.23. The monoisotopic (exact) mass is 339 g/mol. The second-order valence-electron chi connectivity index (χ2n) is 5.49. The van der Waals surface area contributed by atoms with E-state index in [1.54, 1.807) is 0 Å². The molecular formula is C20H15ClFNO. The fraction of sp³-hybridized carbons (Fsp3) is 0.100.